The van der Waals surface area contributed by atoms with Crippen molar-refractivity contribution in [3.05, 3.63) is 97.1 Å². The number of imidazole rings is 1. The smallest absolute Gasteiger partial charge is 0.178 e. The Morgan fingerprint density at radius 3 is 2.76 bits per heavy atom. The average molecular weight is 505 g/mol. The van der Waals surface area contributed by atoms with Crippen LogP contribution in [0.2, 0.25) is 0 Å². The van der Waals surface area contributed by atoms with Crippen molar-refractivity contribution in [1.82, 2.24) is 40.4 Å². The first-order valence-electron chi connectivity index (χ1n) is 12.3. The summed E-state index contributed by atoms with van der Waals surface area (Å²) in [7, 11) is 0. The topological polar surface area (TPSA) is 108 Å². The van der Waals surface area contributed by atoms with E-state index in [4.69, 9.17) is 0 Å². The van der Waals surface area contributed by atoms with Gasteiger partial charge in [0.15, 0.2) is 17.3 Å². The zero-order chi connectivity index (χ0) is 26.2. The lowest BCUT2D eigenvalue weighted by Crippen LogP contribution is -2.12. The van der Waals surface area contributed by atoms with E-state index < -0.39 is 5.82 Å². The molecule has 5 aromatic rings. The lowest BCUT2D eigenvalue weighted by Gasteiger charge is -2.11. The second-order valence-corrected chi connectivity index (χ2v) is 9.11. The van der Waals surface area contributed by atoms with Crippen LogP contribution in [-0.4, -0.2) is 35.1 Å². The van der Waals surface area contributed by atoms with Gasteiger partial charge in [-0.05, 0) is 56.0 Å². The van der Waals surface area contributed by atoms with Gasteiger partial charge in [0.25, 0.3) is 0 Å². The molecule has 38 heavy (non-hydrogen) atoms. The van der Waals surface area contributed by atoms with Crippen molar-refractivity contribution in [2.45, 2.75) is 19.8 Å². The molecular weight excluding hydrogens is 479 g/mol. The minimum Gasteiger partial charge on any atom is -0.359 e. The summed E-state index contributed by atoms with van der Waals surface area (Å²) in [6, 6.07) is 7.55. The molecule has 1 saturated carbocycles. The third-order valence-electron chi connectivity index (χ3n) is 6.59. The van der Waals surface area contributed by atoms with E-state index in [1.807, 2.05) is 43.3 Å². The number of nitrogens with one attached hydrogen (secondary N) is 3. The molecule has 1 aliphatic carbocycles. The molecule has 0 aliphatic heterocycles. The first-order chi connectivity index (χ1) is 18.6. The fraction of sp³-hybridized carbons (Fsp3) is 0.138. The molecule has 1 aliphatic rings. The van der Waals surface area contributed by atoms with E-state index in [1.54, 1.807) is 24.7 Å². The zero-order valence-electron chi connectivity index (χ0n) is 20.8. The molecule has 0 radical (unpaired) electrons. The molecule has 0 aromatic carbocycles. The Balaban J connectivity index is 1.43. The van der Waals surface area contributed by atoms with Crippen molar-refractivity contribution in [3.63, 3.8) is 0 Å². The van der Waals surface area contributed by atoms with Crippen LogP contribution in [0.1, 0.15) is 25.5 Å². The Labute approximate surface area is 218 Å². The first-order valence-corrected chi connectivity index (χ1v) is 12.3. The maximum atomic E-state index is 16.1. The van der Waals surface area contributed by atoms with Crippen LogP contribution in [0.15, 0.2) is 85.6 Å². The number of hydrogen-bond acceptors (Lipinski definition) is 6. The van der Waals surface area contributed by atoms with Gasteiger partial charge in [0.1, 0.15) is 11.4 Å². The maximum absolute atomic E-state index is 16.1. The van der Waals surface area contributed by atoms with Crippen molar-refractivity contribution in [2.24, 2.45) is 5.92 Å². The summed E-state index contributed by atoms with van der Waals surface area (Å²) in [6.07, 6.45) is 12.6. The lowest BCUT2D eigenvalue weighted by molar-refractivity contribution is 0.630. The van der Waals surface area contributed by atoms with Gasteiger partial charge < -0.3 is 10.3 Å². The van der Waals surface area contributed by atoms with Crippen LogP contribution >= 0.6 is 0 Å². The van der Waals surface area contributed by atoms with Crippen LogP contribution in [-0.2, 0) is 0 Å². The van der Waals surface area contributed by atoms with Crippen molar-refractivity contribution >= 4 is 27.6 Å². The van der Waals surface area contributed by atoms with Crippen molar-refractivity contribution in [2.75, 3.05) is 0 Å². The Kier molecular flexibility index (Phi) is 5.88. The highest BCUT2D eigenvalue weighted by molar-refractivity contribution is 5.96. The molecule has 0 saturated heterocycles. The van der Waals surface area contributed by atoms with Crippen LogP contribution in [0.4, 0.5) is 4.39 Å². The van der Waals surface area contributed by atoms with E-state index in [0.29, 0.717) is 39.7 Å². The van der Waals surface area contributed by atoms with Crippen LogP contribution in [0, 0.1) is 11.7 Å². The average Bonchev–Trinajstić information content (AvgIpc) is 3.56. The molecule has 5 aromatic heterocycles. The summed E-state index contributed by atoms with van der Waals surface area (Å²) in [6.45, 7) is 9.84. The Morgan fingerprint density at radius 2 is 2.03 bits per heavy atom. The van der Waals surface area contributed by atoms with Gasteiger partial charge in [-0.3, -0.25) is 15.1 Å². The summed E-state index contributed by atoms with van der Waals surface area (Å²) in [5.41, 5.74) is 6.08. The van der Waals surface area contributed by atoms with Crippen LogP contribution < -0.4 is 5.32 Å². The SMILES string of the molecule is C=C/C(=C\C(=C/C)c1ncc2[nH]nc(-c3nc4nccc(-c5ccccn5)c4[nH]3)c2c1F)NC(=C)C1CC1. The van der Waals surface area contributed by atoms with Crippen LogP contribution in [0.3, 0.4) is 0 Å². The van der Waals surface area contributed by atoms with E-state index in [1.165, 1.54) is 0 Å². The number of fused-ring (bicyclic) bond motifs is 2. The summed E-state index contributed by atoms with van der Waals surface area (Å²) >= 11 is 0. The van der Waals surface area contributed by atoms with Crippen molar-refractivity contribution < 1.29 is 4.39 Å². The van der Waals surface area contributed by atoms with Gasteiger partial charge in [-0.25, -0.2) is 14.4 Å². The van der Waals surface area contributed by atoms with Gasteiger partial charge in [0.2, 0.25) is 0 Å². The molecule has 0 amide bonds. The second-order valence-electron chi connectivity index (χ2n) is 9.11. The molecule has 188 valence electrons. The standard InChI is InChI=1S/C29H25FN8/c1-4-17(14-19(5-2)34-16(3)18-9-10-18)25-24(30)23-22(15-33-25)37-38-27(23)29-35-26-20(11-13-32-28(26)36-29)21-8-6-7-12-31-21/h4-8,11-15,18,34H,2-3,9-10H2,1H3,(H,37,38)(H,32,35,36)/b17-4+,19-14+. The van der Waals surface area contributed by atoms with E-state index in [0.717, 1.165) is 35.5 Å². The normalized spacial score (nSPS) is 14.3. The number of aromatic amines is 2. The number of H-pyrrole nitrogens is 2. The number of nitrogens with zero attached hydrogens (tertiary/aromatic N) is 5. The second kappa shape index (κ2) is 9.51. The highest BCUT2D eigenvalue weighted by atomic mass is 19.1. The first kappa shape index (κ1) is 23.5. The largest absolute Gasteiger partial charge is 0.359 e. The highest BCUT2D eigenvalue weighted by Gasteiger charge is 2.25. The maximum Gasteiger partial charge on any atom is 0.178 e. The van der Waals surface area contributed by atoms with Crippen molar-refractivity contribution in [1.29, 1.82) is 0 Å². The molecule has 0 unspecified atom stereocenters. The number of allylic oxidation sites excluding steroid dienone is 5. The number of pyridine rings is 3. The van der Waals surface area contributed by atoms with Gasteiger partial charge in [0.05, 0.1) is 28.3 Å². The van der Waals surface area contributed by atoms with Crippen LogP contribution in [0.5, 0.6) is 0 Å². The van der Waals surface area contributed by atoms with Gasteiger partial charge in [-0.2, -0.15) is 5.10 Å². The quantitative estimate of drug-likeness (QED) is 0.221. The molecule has 8 nitrogen and oxygen atoms in total. The summed E-state index contributed by atoms with van der Waals surface area (Å²) in [4.78, 5) is 21.1. The van der Waals surface area contributed by atoms with Gasteiger partial charge in [0, 0.05) is 34.9 Å². The monoisotopic (exact) mass is 504 g/mol. The molecule has 9 heteroatoms. The minimum atomic E-state index is -0.501. The van der Waals surface area contributed by atoms with Crippen LogP contribution in [0.25, 0.3) is 50.4 Å². The van der Waals surface area contributed by atoms with Gasteiger partial charge >= 0.3 is 0 Å². The Morgan fingerprint density at radius 1 is 1.16 bits per heavy atom. The Hall–Kier alpha value is -4.92. The fourth-order valence-electron chi connectivity index (χ4n) is 4.43. The molecule has 1 fully saturated rings. The third-order valence-corrected chi connectivity index (χ3v) is 6.59. The van der Waals surface area contributed by atoms with E-state index in [9.17, 15) is 0 Å². The number of halogens is 1. The highest BCUT2D eigenvalue weighted by Crippen LogP contribution is 2.35. The predicted molar refractivity (Wildman–Crippen MR) is 147 cm³/mol. The van der Waals surface area contributed by atoms with E-state index in [-0.39, 0.29) is 11.1 Å². The summed E-state index contributed by atoms with van der Waals surface area (Å²) in [5.74, 6) is 0.368. The fourth-order valence-corrected chi connectivity index (χ4v) is 4.43. The lowest BCUT2D eigenvalue weighted by atomic mass is 10.1. The van der Waals surface area contributed by atoms with E-state index >= 15 is 4.39 Å². The van der Waals surface area contributed by atoms with E-state index in [2.05, 4.69) is 53.6 Å². The number of hydrogen-bond donors (Lipinski definition) is 3. The number of rotatable bonds is 8. The third kappa shape index (κ3) is 4.17. The Bertz CT molecular complexity index is 1760. The van der Waals surface area contributed by atoms with Crippen molar-refractivity contribution in [3.8, 4) is 22.8 Å². The molecular formula is C29H25FN8. The molecule has 0 atom stereocenters. The predicted octanol–water partition coefficient (Wildman–Crippen LogP) is 6.08. The van der Waals surface area contributed by atoms with Gasteiger partial charge in [-0.1, -0.05) is 25.3 Å². The summed E-state index contributed by atoms with van der Waals surface area (Å²) in [5, 5.41) is 10.8. The molecule has 5 heterocycles. The van der Waals surface area contributed by atoms with Gasteiger partial charge in [-0.15, -0.1) is 0 Å². The summed E-state index contributed by atoms with van der Waals surface area (Å²) < 4.78 is 16.1. The molecule has 0 spiro atoms. The molecule has 0 bridgehead atoms. The molecule has 6 rings (SSSR count). The molecule has 3 N–H and O–H groups in total. The minimum absolute atomic E-state index is 0.198. The zero-order valence-corrected chi connectivity index (χ0v) is 20.8. The number of aromatic nitrogens is 7.